The smallest absolute Gasteiger partial charge is 0.315 e. The molecule has 128 valence electrons. The molecule has 1 aliphatic rings. The molecular formula is C18H24N4OS. The molecule has 0 bridgehead atoms. The van der Waals surface area contributed by atoms with Crippen LogP contribution in [0.1, 0.15) is 41.9 Å². The first-order chi connectivity index (χ1) is 11.7. The Hall–Kier alpha value is -1.92. The van der Waals surface area contributed by atoms with Crippen molar-refractivity contribution in [2.24, 2.45) is 0 Å². The fourth-order valence-corrected chi connectivity index (χ4v) is 3.62. The third-order valence-corrected chi connectivity index (χ3v) is 5.18. The summed E-state index contributed by atoms with van der Waals surface area (Å²) in [5, 5.41) is 8.67. The lowest BCUT2D eigenvalue weighted by Gasteiger charge is -2.16. The summed E-state index contributed by atoms with van der Waals surface area (Å²) in [4.78, 5) is 18.7. The van der Waals surface area contributed by atoms with Gasteiger partial charge in [0.15, 0.2) is 0 Å². The maximum atomic E-state index is 12.0. The molecule has 6 heteroatoms. The number of aromatic nitrogens is 1. The molecule has 2 aromatic rings. The molecule has 0 spiro atoms. The molecule has 0 aliphatic carbocycles. The van der Waals surface area contributed by atoms with Gasteiger partial charge in [-0.25, -0.2) is 9.78 Å². The van der Waals surface area contributed by atoms with Gasteiger partial charge in [0.1, 0.15) is 5.01 Å². The van der Waals surface area contributed by atoms with Crippen LogP contribution in [0.15, 0.2) is 35.8 Å². The molecule has 1 saturated heterocycles. The molecular weight excluding hydrogens is 320 g/mol. The molecule has 1 fully saturated rings. The highest BCUT2D eigenvalue weighted by Crippen LogP contribution is 2.15. The van der Waals surface area contributed by atoms with Gasteiger partial charge in [-0.3, -0.25) is 4.90 Å². The zero-order valence-corrected chi connectivity index (χ0v) is 14.8. The number of carbonyl (C=O) groups excluding carboxylic acids is 1. The van der Waals surface area contributed by atoms with Gasteiger partial charge in [-0.1, -0.05) is 24.3 Å². The van der Waals surface area contributed by atoms with Crippen LogP contribution in [-0.2, 0) is 13.1 Å². The predicted molar refractivity (Wildman–Crippen MR) is 96.9 cm³/mol. The first-order valence-electron chi connectivity index (χ1n) is 8.44. The molecule has 2 heterocycles. The summed E-state index contributed by atoms with van der Waals surface area (Å²) in [6.07, 6.45) is 4.36. The Morgan fingerprint density at radius 2 is 2.12 bits per heavy atom. The maximum Gasteiger partial charge on any atom is 0.315 e. The number of carbonyl (C=O) groups is 1. The number of thiazole rings is 1. The van der Waals surface area contributed by atoms with Crippen LogP contribution in [0.25, 0.3) is 0 Å². The van der Waals surface area contributed by atoms with Crippen molar-refractivity contribution in [1.82, 2.24) is 20.5 Å². The van der Waals surface area contributed by atoms with Crippen LogP contribution in [0.5, 0.6) is 0 Å². The average Bonchev–Trinajstić information content (AvgIpc) is 3.27. The molecule has 1 aromatic carbocycles. The van der Waals surface area contributed by atoms with E-state index in [0.29, 0.717) is 6.54 Å². The number of rotatable bonds is 6. The van der Waals surface area contributed by atoms with E-state index in [0.717, 1.165) is 17.1 Å². The Morgan fingerprint density at radius 1 is 1.33 bits per heavy atom. The summed E-state index contributed by atoms with van der Waals surface area (Å²) in [6.45, 7) is 5.86. The standard InChI is InChI=1S/C18H24N4OS/c1-14(17-19-7-10-24-17)21-18(23)20-12-15-5-4-6-16(11-15)13-22-8-2-3-9-22/h4-7,10-11,14H,2-3,8-9,12-13H2,1H3,(H2,20,21,23)/t14-/m1/s1. The van der Waals surface area contributed by atoms with Crippen LogP contribution in [0.3, 0.4) is 0 Å². The number of nitrogens with zero attached hydrogens (tertiary/aromatic N) is 2. The second-order valence-electron chi connectivity index (χ2n) is 6.22. The lowest BCUT2D eigenvalue weighted by atomic mass is 10.1. The Morgan fingerprint density at radius 3 is 2.88 bits per heavy atom. The van der Waals surface area contributed by atoms with E-state index < -0.39 is 0 Å². The number of amides is 2. The number of nitrogens with one attached hydrogen (secondary N) is 2. The van der Waals surface area contributed by atoms with Gasteiger partial charge in [0.25, 0.3) is 0 Å². The van der Waals surface area contributed by atoms with Crippen molar-refractivity contribution in [3.8, 4) is 0 Å². The third-order valence-electron chi connectivity index (χ3n) is 4.22. The maximum absolute atomic E-state index is 12.0. The topological polar surface area (TPSA) is 57.3 Å². The highest BCUT2D eigenvalue weighted by atomic mass is 32.1. The fraction of sp³-hybridized carbons (Fsp3) is 0.444. The van der Waals surface area contributed by atoms with Crippen molar-refractivity contribution < 1.29 is 4.79 Å². The van der Waals surface area contributed by atoms with E-state index in [9.17, 15) is 4.79 Å². The molecule has 1 atom stereocenters. The number of likely N-dealkylation sites (tertiary alicyclic amines) is 1. The van der Waals surface area contributed by atoms with Crippen LogP contribution in [-0.4, -0.2) is 29.0 Å². The molecule has 3 rings (SSSR count). The Labute approximate surface area is 147 Å². The summed E-state index contributed by atoms with van der Waals surface area (Å²) in [6, 6.07) is 8.22. The van der Waals surface area contributed by atoms with Crippen LogP contribution in [0.2, 0.25) is 0 Å². The Bertz CT molecular complexity index is 653. The first kappa shape index (κ1) is 16.9. The SMILES string of the molecule is C[C@@H](NC(=O)NCc1cccc(CN2CCCC2)c1)c1nccs1. The summed E-state index contributed by atoms with van der Waals surface area (Å²) in [7, 11) is 0. The second kappa shape index (κ2) is 8.26. The molecule has 1 aromatic heterocycles. The van der Waals surface area contributed by atoms with Crippen molar-refractivity contribution in [3.63, 3.8) is 0 Å². The molecule has 0 radical (unpaired) electrons. The summed E-state index contributed by atoms with van der Waals surface area (Å²) < 4.78 is 0. The number of benzene rings is 1. The first-order valence-corrected chi connectivity index (χ1v) is 9.32. The van der Waals surface area contributed by atoms with Crippen LogP contribution in [0.4, 0.5) is 4.79 Å². The summed E-state index contributed by atoms with van der Waals surface area (Å²) >= 11 is 1.55. The van der Waals surface area contributed by atoms with Gasteiger partial charge in [-0.15, -0.1) is 11.3 Å². The molecule has 24 heavy (non-hydrogen) atoms. The molecule has 0 unspecified atom stereocenters. The highest BCUT2D eigenvalue weighted by Gasteiger charge is 2.13. The van der Waals surface area contributed by atoms with E-state index in [1.165, 1.54) is 31.5 Å². The van der Waals surface area contributed by atoms with Gasteiger partial charge in [0.05, 0.1) is 6.04 Å². The van der Waals surface area contributed by atoms with E-state index >= 15 is 0 Å². The zero-order valence-electron chi connectivity index (χ0n) is 14.0. The van der Waals surface area contributed by atoms with Crippen molar-refractivity contribution in [2.45, 2.75) is 38.9 Å². The minimum Gasteiger partial charge on any atom is -0.334 e. The minimum atomic E-state index is -0.164. The van der Waals surface area contributed by atoms with Gasteiger partial charge in [0.2, 0.25) is 0 Å². The highest BCUT2D eigenvalue weighted by molar-refractivity contribution is 7.09. The van der Waals surface area contributed by atoms with E-state index in [2.05, 4.69) is 44.8 Å². The minimum absolute atomic E-state index is 0.0773. The quantitative estimate of drug-likeness (QED) is 0.845. The third kappa shape index (κ3) is 4.79. The largest absolute Gasteiger partial charge is 0.334 e. The van der Waals surface area contributed by atoms with Gasteiger partial charge in [0, 0.05) is 24.7 Å². The second-order valence-corrected chi connectivity index (χ2v) is 7.15. The van der Waals surface area contributed by atoms with Gasteiger partial charge >= 0.3 is 6.03 Å². The average molecular weight is 344 g/mol. The lowest BCUT2D eigenvalue weighted by Crippen LogP contribution is -2.36. The zero-order chi connectivity index (χ0) is 16.8. The fourth-order valence-electron chi connectivity index (χ4n) is 2.98. The van der Waals surface area contributed by atoms with E-state index in [1.54, 1.807) is 17.5 Å². The molecule has 1 aliphatic heterocycles. The van der Waals surface area contributed by atoms with Crippen LogP contribution in [0, 0.1) is 0 Å². The van der Waals surface area contributed by atoms with Gasteiger partial charge < -0.3 is 10.6 Å². The van der Waals surface area contributed by atoms with Crippen molar-refractivity contribution in [3.05, 3.63) is 52.0 Å². The van der Waals surface area contributed by atoms with Gasteiger partial charge in [-0.2, -0.15) is 0 Å². The normalized spacial score (nSPS) is 16.0. The monoisotopic (exact) mass is 344 g/mol. The van der Waals surface area contributed by atoms with Crippen molar-refractivity contribution in [2.75, 3.05) is 13.1 Å². The number of hydrogen-bond donors (Lipinski definition) is 2. The van der Waals surface area contributed by atoms with E-state index in [4.69, 9.17) is 0 Å². The van der Waals surface area contributed by atoms with Crippen LogP contribution < -0.4 is 10.6 Å². The van der Waals surface area contributed by atoms with Crippen LogP contribution >= 0.6 is 11.3 Å². The number of hydrogen-bond acceptors (Lipinski definition) is 4. The Kier molecular flexibility index (Phi) is 5.82. The molecule has 2 N–H and O–H groups in total. The van der Waals surface area contributed by atoms with E-state index in [1.807, 2.05) is 12.3 Å². The lowest BCUT2D eigenvalue weighted by molar-refractivity contribution is 0.237. The van der Waals surface area contributed by atoms with Crippen molar-refractivity contribution in [1.29, 1.82) is 0 Å². The van der Waals surface area contributed by atoms with Gasteiger partial charge in [-0.05, 0) is 44.0 Å². The molecule has 2 amide bonds. The number of urea groups is 1. The van der Waals surface area contributed by atoms with E-state index in [-0.39, 0.29) is 12.1 Å². The molecule has 5 nitrogen and oxygen atoms in total. The predicted octanol–water partition coefficient (Wildman–Crippen LogP) is 3.30. The Balaban J connectivity index is 1.48. The summed E-state index contributed by atoms with van der Waals surface area (Å²) in [5.41, 5.74) is 2.44. The summed E-state index contributed by atoms with van der Waals surface area (Å²) in [5.74, 6) is 0. The molecule has 0 saturated carbocycles. The van der Waals surface area contributed by atoms with Crippen molar-refractivity contribution >= 4 is 17.4 Å².